The molecule has 1 aromatic rings. The summed E-state index contributed by atoms with van der Waals surface area (Å²) in [6, 6.07) is 5.56. The molecule has 1 heterocycles. The van der Waals surface area contributed by atoms with Gasteiger partial charge >= 0.3 is 0 Å². The molecule has 2 N–H and O–H groups in total. The zero-order valence-electron chi connectivity index (χ0n) is 11.6. The Morgan fingerprint density at radius 3 is 2.80 bits per heavy atom. The van der Waals surface area contributed by atoms with E-state index in [9.17, 15) is 10.2 Å². The normalized spacial score (nSPS) is 22.9. The van der Waals surface area contributed by atoms with Crippen LogP contribution in [0.15, 0.2) is 22.7 Å². The van der Waals surface area contributed by atoms with E-state index in [0.29, 0.717) is 17.4 Å². The Kier molecular flexibility index (Phi) is 5.87. The third-order valence-electron chi connectivity index (χ3n) is 4.03. The summed E-state index contributed by atoms with van der Waals surface area (Å²) in [5.74, 6) is 0.364. The number of benzene rings is 1. The van der Waals surface area contributed by atoms with Gasteiger partial charge in [-0.1, -0.05) is 33.6 Å². The van der Waals surface area contributed by atoms with Crippen LogP contribution in [-0.4, -0.2) is 40.9 Å². The minimum absolute atomic E-state index is 0.245. The number of hydrogen-bond donors (Lipinski definition) is 2. The quantitative estimate of drug-likeness (QED) is 0.845. The molecule has 1 fully saturated rings. The van der Waals surface area contributed by atoms with Crippen molar-refractivity contribution < 1.29 is 10.2 Å². The number of nitrogens with zero attached hydrogens (tertiary/aromatic N) is 1. The Labute approximate surface area is 133 Å². The first-order valence-corrected chi connectivity index (χ1v) is 8.18. The first-order valence-electron chi connectivity index (χ1n) is 7.01. The zero-order chi connectivity index (χ0) is 14.7. The number of halogens is 2. The highest BCUT2D eigenvalue weighted by molar-refractivity contribution is 9.10. The Morgan fingerprint density at radius 1 is 1.45 bits per heavy atom. The molecule has 20 heavy (non-hydrogen) atoms. The van der Waals surface area contributed by atoms with Crippen LogP contribution in [0.1, 0.15) is 31.4 Å². The van der Waals surface area contributed by atoms with Crippen molar-refractivity contribution in [3.05, 3.63) is 33.3 Å². The number of aliphatic hydroxyl groups is 2. The number of rotatable bonds is 5. The lowest BCUT2D eigenvalue weighted by Crippen LogP contribution is -2.26. The molecule has 0 saturated carbocycles. The molecule has 0 bridgehead atoms. The molecule has 3 atom stereocenters. The van der Waals surface area contributed by atoms with Gasteiger partial charge in [-0.3, -0.25) is 0 Å². The third kappa shape index (κ3) is 4.18. The minimum atomic E-state index is -0.541. The molecule has 0 spiro atoms. The molecule has 5 heteroatoms. The maximum atomic E-state index is 10.3. The summed E-state index contributed by atoms with van der Waals surface area (Å²) in [5, 5.41) is 20.4. The van der Waals surface area contributed by atoms with E-state index in [2.05, 4.69) is 20.8 Å². The second-order valence-electron chi connectivity index (χ2n) is 5.56. The van der Waals surface area contributed by atoms with E-state index in [4.69, 9.17) is 11.6 Å². The van der Waals surface area contributed by atoms with Crippen molar-refractivity contribution in [1.29, 1.82) is 0 Å². The van der Waals surface area contributed by atoms with Gasteiger partial charge in [-0.15, -0.1) is 0 Å². The highest BCUT2D eigenvalue weighted by Crippen LogP contribution is 2.29. The van der Waals surface area contributed by atoms with E-state index in [1.54, 1.807) is 6.07 Å². The van der Waals surface area contributed by atoms with Crippen LogP contribution in [0.25, 0.3) is 0 Å². The second kappa shape index (κ2) is 7.23. The Bertz CT molecular complexity index is 455. The van der Waals surface area contributed by atoms with Gasteiger partial charge in [-0.2, -0.15) is 0 Å². The summed E-state index contributed by atoms with van der Waals surface area (Å²) in [7, 11) is 0. The summed E-state index contributed by atoms with van der Waals surface area (Å²) in [6.07, 6.45) is 0.910. The van der Waals surface area contributed by atoms with E-state index < -0.39 is 6.10 Å². The van der Waals surface area contributed by atoms with Crippen LogP contribution < -0.4 is 0 Å². The minimum Gasteiger partial charge on any atom is -0.393 e. The largest absolute Gasteiger partial charge is 0.393 e. The molecule has 3 unspecified atom stereocenters. The van der Waals surface area contributed by atoms with Crippen molar-refractivity contribution in [3.8, 4) is 0 Å². The predicted octanol–water partition coefficient (Wildman–Crippen LogP) is 3.23. The maximum Gasteiger partial charge on any atom is 0.0816 e. The third-order valence-corrected chi connectivity index (χ3v) is 4.85. The van der Waals surface area contributed by atoms with Crippen molar-refractivity contribution in [3.63, 3.8) is 0 Å². The lowest BCUT2D eigenvalue weighted by Gasteiger charge is -2.20. The molecule has 0 radical (unpaired) electrons. The number of hydrogen-bond acceptors (Lipinski definition) is 3. The Morgan fingerprint density at radius 2 is 2.20 bits per heavy atom. The SMILES string of the molecule is CC(O)C1CCN(CCC(O)c2ccc(Br)cc2Cl)C1. The van der Waals surface area contributed by atoms with Crippen molar-refractivity contribution in [1.82, 2.24) is 4.90 Å². The maximum absolute atomic E-state index is 10.3. The van der Waals surface area contributed by atoms with Crippen LogP contribution in [0.2, 0.25) is 5.02 Å². The highest BCUT2D eigenvalue weighted by atomic mass is 79.9. The monoisotopic (exact) mass is 361 g/mol. The highest BCUT2D eigenvalue weighted by Gasteiger charge is 2.26. The van der Waals surface area contributed by atoms with Gasteiger partial charge in [-0.05, 0) is 49.9 Å². The van der Waals surface area contributed by atoms with E-state index in [1.165, 1.54) is 0 Å². The number of likely N-dealkylation sites (tertiary alicyclic amines) is 1. The first kappa shape index (κ1) is 16.2. The average molecular weight is 363 g/mol. The molecule has 112 valence electrons. The lowest BCUT2D eigenvalue weighted by atomic mass is 10.0. The molecule has 0 aliphatic carbocycles. The van der Waals surface area contributed by atoms with E-state index in [-0.39, 0.29) is 6.10 Å². The molecular weight excluding hydrogens is 342 g/mol. The van der Waals surface area contributed by atoms with Gasteiger partial charge in [0, 0.05) is 22.6 Å². The van der Waals surface area contributed by atoms with Crippen molar-refractivity contribution in [2.24, 2.45) is 5.92 Å². The van der Waals surface area contributed by atoms with Crippen LogP contribution in [0.3, 0.4) is 0 Å². The fourth-order valence-electron chi connectivity index (χ4n) is 2.69. The molecule has 3 nitrogen and oxygen atoms in total. The molecular formula is C15H21BrClNO2. The van der Waals surface area contributed by atoms with Gasteiger partial charge in [0.2, 0.25) is 0 Å². The van der Waals surface area contributed by atoms with E-state index >= 15 is 0 Å². The van der Waals surface area contributed by atoms with E-state index in [0.717, 1.165) is 36.1 Å². The van der Waals surface area contributed by atoms with Crippen molar-refractivity contribution in [2.75, 3.05) is 19.6 Å². The lowest BCUT2D eigenvalue weighted by molar-refractivity contribution is 0.121. The molecule has 1 aliphatic rings. The smallest absolute Gasteiger partial charge is 0.0816 e. The van der Waals surface area contributed by atoms with Crippen LogP contribution >= 0.6 is 27.5 Å². The zero-order valence-corrected chi connectivity index (χ0v) is 13.9. The van der Waals surface area contributed by atoms with Crippen LogP contribution in [0.5, 0.6) is 0 Å². The van der Waals surface area contributed by atoms with Gasteiger partial charge in [0.1, 0.15) is 0 Å². The Hall–Kier alpha value is -0.130. The van der Waals surface area contributed by atoms with Crippen molar-refractivity contribution in [2.45, 2.75) is 32.0 Å². The fraction of sp³-hybridized carbons (Fsp3) is 0.600. The molecule has 2 rings (SSSR count). The van der Waals surface area contributed by atoms with Crippen LogP contribution in [0.4, 0.5) is 0 Å². The van der Waals surface area contributed by atoms with E-state index in [1.807, 2.05) is 19.1 Å². The van der Waals surface area contributed by atoms with Gasteiger partial charge < -0.3 is 15.1 Å². The van der Waals surface area contributed by atoms with Gasteiger partial charge in [0.05, 0.1) is 12.2 Å². The van der Waals surface area contributed by atoms with Gasteiger partial charge in [-0.25, -0.2) is 0 Å². The average Bonchev–Trinajstić information content (AvgIpc) is 2.85. The molecule has 0 aromatic heterocycles. The Balaban J connectivity index is 1.85. The summed E-state index contributed by atoms with van der Waals surface area (Å²) >= 11 is 9.51. The summed E-state index contributed by atoms with van der Waals surface area (Å²) < 4.78 is 0.915. The van der Waals surface area contributed by atoms with Gasteiger partial charge in [0.15, 0.2) is 0 Å². The second-order valence-corrected chi connectivity index (χ2v) is 6.88. The van der Waals surface area contributed by atoms with Crippen molar-refractivity contribution >= 4 is 27.5 Å². The van der Waals surface area contributed by atoms with Crippen LogP contribution in [0, 0.1) is 5.92 Å². The molecule has 1 saturated heterocycles. The number of aliphatic hydroxyl groups excluding tert-OH is 2. The molecule has 0 amide bonds. The molecule has 1 aromatic carbocycles. The predicted molar refractivity (Wildman–Crippen MR) is 85.0 cm³/mol. The van der Waals surface area contributed by atoms with Crippen LogP contribution in [-0.2, 0) is 0 Å². The fourth-order valence-corrected chi connectivity index (χ4v) is 3.49. The first-order chi connectivity index (χ1) is 9.47. The summed E-state index contributed by atoms with van der Waals surface area (Å²) in [4.78, 5) is 2.30. The summed E-state index contributed by atoms with van der Waals surface area (Å²) in [5.41, 5.74) is 0.779. The topological polar surface area (TPSA) is 43.7 Å². The molecule has 1 aliphatic heterocycles. The summed E-state index contributed by atoms with van der Waals surface area (Å²) in [6.45, 7) is 4.59. The van der Waals surface area contributed by atoms with Gasteiger partial charge in [0.25, 0.3) is 0 Å². The standard InChI is InChI=1S/C15H21BrClNO2/c1-10(19)11-4-6-18(9-11)7-5-15(20)13-3-2-12(16)8-14(13)17/h2-3,8,10-11,15,19-20H,4-7,9H2,1H3.